The Morgan fingerprint density at radius 2 is 1.90 bits per heavy atom. The summed E-state index contributed by atoms with van der Waals surface area (Å²) < 4.78 is 10.6. The highest BCUT2D eigenvalue weighted by atomic mass is 16.5. The summed E-state index contributed by atoms with van der Waals surface area (Å²) in [5, 5.41) is 8.64. The number of carbonyl (C=O) groups excluding carboxylic acids is 1. The number of hydrogen-bond donors (Lipinski definition) is 1. The molecule has 0 unspecified atom stereocenters. The second-order valence-corrected chi connectivity index (χ2v) is 4.50. The Labute approximate surface area is 124 Å². The number of hydrogen-bond acceptors (Lipinski definition) is 4. The van der Waals surface area contributed by atoms with Crippen LogP contribution >= 0.6 is 0 Å². The van der Waals surface area contributed by atoms with Gasteiger partial charge in [0.15, 0.2) is 18.1 Å². The summed E-state index contributed by atoms with van der Waals surface area (Å²) in [5.74, 6) is -0.494. The molecular weight excluding hydrogens is 274 g/mol. The maximum atomic E-state index is 12.2. The molecule has 116 valence electrons. The molecule has 0 atom stereocenters. The van der Waals surface area contributed by atoms with Crippen LogP contribution in [0.5, 0.6) is 11.5 Å². The van der Waals surface area contributed by atoms with E-state index >= 15 is 0 Å². The number of benzene rings is 1. The van der Waals surface area contributed by atoms with Crippen LogP contribution in [0.25, 0.3) is 0 Å². The van der Waals surface area contributed by atoms with E-state index in [4.69, 9.17) is 14.6 Å². The predicted octanol–water partition coefficient (Wildman–Crippen LogP) is 2.03. The zero-order valence-electron chi connectivity index (χ0n) is 12.6. The molecule has 1 rings (SSSR count). The Kier molecular flexibility index (Phi) is 6.52. The summed E-state index contributed by atoms with van der Waals surface area (Å²) in [6.07, 6.45) is 0.875. The van der Waals surface area contributed by atoms with Gasteiger partial charge in [-0.05, 0) is 31.5 Å². The van der Waals surface area contributed by atoms with Gasteiger partial charge in [-0.15, -0.1) is 0 Å². The van der Waals surface area contributed by atoms with E-state index in [0.717, 1.165) is 6.42 Å². The summed E-state index contributed by atoms with van der Waals surface area (Å²) in [5.41, 5.74) is 0.483. The fourth-order valence-electron chi connectivity index (χ4n) is 1.83. The standard InChI is InChI=1S/C15H21NO5/c1-4-8-16(3)15(19)11-6-7-12(21-10-14(17)18)13(9-11)20-5-2/h6-7,9H,4-5,8,10H2,1-3H3,(H,17,18). The van der Waals surface area contributed by atoms with Gasteiger partial charge in [0.25, 0.3) is 5.91 Å². The largest absolute Gasteiger partial charge is 0.490 e. The van der Waals surface area contributed by atoms with Gasteiger partial charge in [0, 0.05) is 19.2 Å². The van der Waals surface area contributed by atoms with E-state index in [-0.39, 0.29) is 5.91 Å². The first-order chi connectivity index (χ1) is 9.99. The summed E-state index contributed by atoms with van der Waals surface area (Å²) in [6, 6.07) is 4.74. The van der Waals surface area contributed by atoms with Crippen molar-refractivity contribution < 1.29 is 24.2 Å². The van der Waals surface area contributed by atoms with Crippen LogP contribution in [0.15, 0.2) is 18.2 Å². The van der Waals surface area contributed by atoms with Crippen molar-refractivity contribution in [3.05, 3.63) is 23.8 Å². The van der Waals surface area contributed by atoms with Crippen molar-refractivity contribution in [2.75, 3.05) is 26.8 Å². The van der Waals surface area contributed by atoms with Gasteiger partial charge in [-0.25, -0.2) is 4.79 Å². The molecule has 6 heteroatoms. The highest BCUT2D eigenvalue weighted by molar-refractivity contribution is 5.94. The highest BCUT2D eigenvalue weighted by Gasteiger charge is 2.15. The molecule has 1 amide bonds. The molecule has 21 heavy (non-hydrogen) atoms. The van der Waals surface area contributed by atoms with Crippen LogP contribution in [-0.4, -0.2) is 48.7 Å². The molecule has 1 aromatic rings. The summed E-state index contributed by atoms with van der Waals surface area (Å²) in [7, 11) is 1.74. The molecule has 0 aliphatic heterocycles. The van der Waals surface area contributed by atoms with Gasteiger partial charge in [0.1, 0.15) is 0 Å². The van der Waals surface area contributed by atoms with Crippen LogP contribution in [0.4, 0.5) is 0 Å². The Morgan fingerprint density at radius 3 is 2.48 bits per heavy atom. The van der Waals surface area contributed by atoms with Gasteiger partial charge in [-0.1, -0.05) is 6.92 Å². The van der Waals surface area contributed by atoms with Gasteiger partial charge < -0.3 is 19.5 Å². The van der Waals surface area contributed by atoms with E-state index in [9.17, 15) is 9.59 Å². The fourth-order valence-corrected chi connectivity index (χ4v) is 1.83. The van der Waals surface area contributed by atoms with Crippen LogP contribution in [0.3, 0.4) is 0 Å². The molecule has 1 aromatic carbocycles. The van der Waals surface area contributed by atoms with Crippen LogP contribution < -0.4 is 9.47 Å². The number of ether oxygens (including phenoxy) is 2. The maximum absolute atomic E-state index is 12.2. The smallest absolute Gasteiger partial charge is 0.341 e. The number of aliphatic carboxylic acids is 1. The second kappa shape index (κ2) is 8.14. The van der Waals surface area contributed by atoms with Crippen molar-refractivity contribution in [2.24, 2.45) is 0 Å². The molecule has 0 aliphatic carbocycles. The van der Waals surface area contributed by atoms with Gasteiger partial charge in [0.2, 0.25) is 0 Å². The SMILES string of the molecule is CCCN(C)C(=O)c1ccc(OCC(=O)O)c(OCC)c1. The molecule has 0 spiro atoms. The van der Waals surface area contributed by atoms with Crippen LogP contribution in [0.2, 0.25) is 0 Å². The second-order valence-electron chi connectivity index (χ2n) is 4.50. The highest BCUT2D eigenvalue weighted by Crippen LogP contribution is 2.29. The van der Waals surface area contributed by atoms with E-state index in [1.54, 1.807) is 37.1 Å². The predicted molar refractivity (Wildman–Crippen MR) is 78.0 cm³/mol. The zero-order valence-corrected chi connectivity index (χ0v) is 12.6. The molecule has 6 nitrogen and oxygen atoms in total. The average Bonchev–Trinajstić information content (AvgIpc) is 2.45. The minimum absolute atomic E-state index is 0.109. The Morgan fingerprint density at radius 1 is 1.19 bits per heavy atom. The third kappa shape index (κ3) is 4.98. The minimum atomic E-state index is -1.07. The van der Waals surface area contributed by atoms with Crippen LogP contribution in [0.1, 0.15) is 30.6 Å². The lowest BCUT2D eigenvalue weighted by Crippen LogP contribution is -2.27. The molecule has 0 fully saturated rings. The van der Waals surface area contributed by atoms with Crippen molar-refractivity contribution in [2.45, 2.75) is 20.3 Å². The molecule has 0 aromatic heterocycles. The van der Waals surface area contributed by atoms with E-state index in [0.29, 0.717) is 30.2 Å². The number of nitrogens with zero attached hydrogens (tertiary/aromatic N) is 1. The van der Waals surface area contributed by atoms with Crippen LogP contribution in [-0.2, 0) is 4.79 Å². The maximum Gasteiger partial charge on any atom is 0.341 e. The third-order valence-electron chi connectivity index (χ3n) is 2.75. The Bertz CT molecular complexity index is 501. The van der Waals surface area contributed by atoms with Crippen LogP contribution in [0, 0.1) is 0 Å². The van der Waals surface area contributed by atoms with E-state index in [1.165, 1.54) is 0 Å². The van der Waals surface area contributed by atoms with Gasteiger partial charge in [0.05, 0.1) is 6.61 Å². The quantitative estimate of drug-likeness (QED) is 0.794. The van der Waals surface area contributed by atoms with Gasteiger partial charge >= 0.3 is 5.97 Å². The van der Waals surface area contributed by atoms with E-state index in [1.807, 2.05) is 6.92 Å². The lowest BCUT2D eigenvalue weighted by molar-refractivity contribution is -0.139. The number of amides is 1. The van der Waals surface area contributed by atoms with Gasteiger partial charge in [-0.2, -0.15) is 0 Å². The van der Waals surface area contributed by atoms with Crippen molar-refractivity contribution in [3.8, 4) is 11.5 Å². The third-order valence-corrected chi connectivity index (χ3v) is 2.75. The monoisotopic (exact) mass is 295 g/mol. The normalized spacial score (nSPS) is 10.0. The number of rotatable bonds is 8. The van der Waals surface area contributed by atoms with Crippen molar-refractivity contribution in [1.29, 1.82) is 0 Å². The first-order valence-corrected chi connectivity index (χ1v) is 6.86. The fraction of sp³-hybridized carbons (Fsp3) is 0.467. The molecule has 0 bridgehead atoms. The first kappa shape index (κ1) is 16.8. The van der Waals surface area contributed by atoms with Gasteiger partial charge in [-0.3, -0.25) is 4.79 Å². The minimum Gasteiger partial charge on any atom is -0.490 e. The average molecular weight is 295 g/mol. The Hall–Kier alpha value is -2.24. The molecule has 0 heterocycles. The number of carboxylic acid groups (broad SMARTS) is 1. The summed E-state index contributed by atoms with van der Waals surface area (Å²) >= 11 is 0. The van der Waals surface area contributed by atoms with E-state index in [2.05, 4.69) is 0 Å². The molecule has 0 aliphatic rings. The summed E-state index contributed by atoms with van der Waals surface area (Å²) in [6.45, 7) is 4.41. The molecular formula is C15H21NO5. The van der Waals surface area contributed by atoms with Crippen molar-refractivity contribution in [1.82, 2.24) is 4.90 Å². The Balaban J connectivity index is 2.96. The van der Waals surface area contributed by atoms with Crippen molar-refractivity contribution >= 4 is 11.9 Å². The molecule has 0 saturated carbocycles. The summed E-state index contributed by atoms with van der Waals surface area (Å²) in [4.78, 5) is 24.4. The van der Waals surface area contributed by atoms with E-state index < -0.39 is 12.6 Å². The topological polar surface area (TPSA) is 76.1 Å². The van der Waals surface area contributed by atoms with Crippen molar-refractivity contribution in [3.63, 3.8) is 0 Å². The molecule has 1 N–H and O–H groups in total. The zero-order chi connectivity index (χ0) is 15.8. The number of carboxylic acids is 1. The molecule has 0 radical (unpaired) electrons. The first-order valence-electron chi connectivity index (χ1n) is 6.86. The molecule has 0 saturated heterocycles. The lowest BCUT2D eigenvalue weighted by atomic mass is 10.1. The number of carbonyl (C=O) groups is 2. The lowest BCUT2D eigenvalue weighted by Gasteiger charge is -2.17.